The maximum atomic E-state index is 11.8. The molecule has 0 spiro atoms. The first kappa shape index (κ1) is 18.6. The topological polar surface area (TPSA) is 105 Å². The smallest absolute Gasteiger partial charge is 0.321 e. The van der Waals surface area contributed by atoms with Gasteiger partial charge in [0.05, 0.1) is 10.2 Å². The van der Waals surface area contributed by atoms with E-state index in [2.05, 4.69) is 25.9 Å². The van der Waals surface area contributed by atoms with Crippen LogP contribution in [0.1, 0.15) is 24.3 Å². The van der Waals surface area contributed by atoms with Gasteiger partial charge >= 0.3 is 6.03 Å². The van der Waals surface area contributed by atoms with Crippen LogP contribution in [0, 0.1) is 0 Å². The number of hydrogen-bond donors (Lipinski definition) is 3. The number of pyridine rings is 1. The van der Waals surface area contributed by atoms with Gasteiger partial charge in [0.25, 0.3) is 5.91 Å². The summed E-state index contributed by atoms with van der Waals surface area (Å²) in [5.41, 5.74) is 1.03. The highest BCUT2D eigenvalue weighted by atomic mass is 32.1. The van der Waals surface area contributed by atoms with E-state index in [9.17, 15) is 9.59 Å². The van der Waals surface area contributed by atoms with Crippen LogP contribution >= 0.6 is 11.3 Å². The van der Waals surface area contributed by atoms with E-state index in [1.54, 1.807) is 25.2 Å². The number of ether oxygens (including phenoxy) is 1. The lowest BCUT2D eigenvalue weighted by Crippen LogP contribution is -2.34. The lowest BCUT2D eigenvalue weighted by atomic mass is 10.3. The van der Waals surface area contributed by atoms with Gasteiger partial charge in [0.15, 0.2) is 5.13 Å². The summed E-state index contributed by atoms with van der Waals surface area (Å²) in [4.78, 5) is 31.9. The molecule has 0 aliphatic carbocycles. The van der Waals surface area contributed by atoms with Crippen LogP contribution in [0.4, 0.5) is 9.93 Å². The SMILES string of the molecule is CNC(=O)c1cc(Oc2ccc3nc(NC(=O)NC(C)C)sc3c2)ccn1. The molecule has 27 heavy (non-hydrogen) atoms. The highest BCUT2D eigenvalue weighted by Gasteiger charge is 2.11. The Morgan fingerprint density at radius 3 is 2.67 bits per heavy atom. The summed E-state index contributed by atoms with van der Waals surface area (Å²) in [5, 5.41) is 8.50. The molecule has 0 aliphatic rings. The van der Waals surface area contributed by atoms with E-state index in [4.69, 9.17) is 4.74 Å². The Morgan fingerprint density at radius 2 is 1.93 bits per heavy atom. The van der Waals surface area contributed by atoms with Crippen molar-refractivity contribution in [3.8, 4) is 11.5 Å². The first-order chi connectivity index (χ1) is 12.9. The van der Waals surface area contributed by atoms with Crippen LogP contribution in [0.15, 0.2) is 36.5 Å². The van der Waals surface area contributed by atoms with E-state index in [-0.39, 0.29) is 23.7 Å². The third kappa shape index (κ3) is 4.70. The molecule has 3 amide bonds. The molecule has 0 atom stereocenters. The molecule has 9 heteroatoms. The summed E-state index contributed by atoms with van der Waals surface area (Å²) in [6.45, 7) is 3.77. The number of nitrogens with one attached hydrogen (secondary N) is 3. The van der Waals surface area contributed by atoms with Crippen LogP contribution in [0.5, 0.6) is 11.5 Å². The number of nitrogens with zero attached hydrogens (tertiary/aromatic N) is 2. The van der Waals surface area contributed by atoms with E-state index in [1.165, 1.54) is 17.5 Å². The zero-order valence-corrected chi connectivity index (χ0v) is 15.9. The fourth-order valence-electron chi connectivity index (χ4n) is 2.28. The zero-order valence-electron chi connectivity index (χ0n) is 15.1. The van der Waals surface area contributed by atoms with Crippen LogP contribution in [0.2, 0.25) is 0 Å². The number of carbonyl (C=O) groups excluding carboxylic acids is 2. The van der Waals surface area contributed by atoms with Gasteiger partial charge in [-0.2, -0.15) is 0 Å². The number of benzene rings is 1. The summed E-state index contributed by atoms with van der Waals surface area (Å²) in [6.07, 6.45) is 1.51. The second kappa shape index (κ2) is 8.00. The minimum atomic E-state index is -0.293. The molecule has 0 bridgehead atoms. The Kier molecular flexibility index (Phi) is 5.51. The molecule has 8 nitrogen and oxygen atoms in total. The molecule has 2 aromatic heterocycles. The minimum Gasteiger partial charge on any atom is -0.457 e. The molecule has 2 heterocycles. The monoisotopic (exact) mass is 385 g/mol. The average molecular weight is 385 g/mol. The first-order valence-electron chi connectivity index (χ1n) is 8.28. The van der Waals surface area contributed by atoms with Gasteiger partial charge < -0.3 is 15.4 Å². The normalized spacial score (nSPS) is 10.7. The molecule has 1 aromatic carbocycles. The van der Waals surface area contributed by atoms with Crippen molar-refractivity contribution >= 4 is 38.6 Å². The van der Waals surface area contributed by atoms with Crippen LogP contribution in [0.25, 0.3) is 10.2 Å². The van der Waals surface area contributed by atoms with Gasteiger partial charge in [-0.1, -0.05) is 11.3 Å². The van der Waals surface area contributed by atoms with Gasteiger partial charge in [-0.25, -0.2) is 9.78 Å². The minimum absolute atomic E-state index is 0.0411. The Morgan fingerprint density at radius 1 is 1.15 bits per heavy atom. The van der Waals surface area contributed by atoms with Gasteiger partial charge in [0.2, 0.25) is 0 Å². The summed E-state index contributed by atoms with van der Waals surface area (Å²) in [7, 11) is 1.54. The number of fused-ring (bicyclic) bond motifs is 1. The predicted octanol–water partition coefficient (Wildman–Crippen LogP) is 3.37. The predicted molar refractivity (Wildman–Crippen MR) is 105 cm³/mol. The molecule has 0 saturated carbocycles. The number of amides is 3. The van der Waals surface area contributed by atoms with Gasteiger partial charge in [0.1, 0.15) is 17.2 Å². The number of hydrogen-bond acceptors (Lipinski definition) is 6. The van der Waals surface area contributed by atoms with Crippen molar-refractivity contribution in [3.05, 3.63) is 42.2 Å². The Hall–Kier alpha value is -3.20. The van der Waals surface area contributed by atoms with Crippen molar-refractivity contribution in [2.24, 2.45) is 0 Å². The third-order valence-corrected chi connectivity index (χ3v) is 4.36. The molecule has 0 aliphatic heterocycles. The molecule has 140 valence electrons. The van der Waals surface area contributed by atoms with Crippen LogP contribution in [0.3, 0.4) is 0 Å². The molecule has 0 radical (unpaired) electrons. The molecule has 3 N–H and O–H groups in total. The number of urea groups is 1. The van der Waals surface area contributed by atoms with E-state index < -0.39 is 0 Å². The Labute approximate surface area is 160 Å². The summed E-state index contributed by atoms with van der Waals surface area (Å²) in [5.74, 6) is 0.814. The second-order valence-corrected chi connectivity index (χ2v) is 6.99. The largest absolute Gasteiger partial charge is 0.457 e. The molecule has 0 fully saturated rings. The van der Waals surface area contributed by atoms with Crippen LogP contribution < -0.4 is 20.7 Å². The molecule has 3 rings (SSSR count). The van der Waals surface area contributed by atoms with Crippen molar-refractivity contribution in [3.63, 3.8) is 0 Å². The fourth-order valence-corrected chi connectivity index (χ4v) is 3.17. The summed E-state index contributed by atoms with van der Waals surface area (Å²) in [6, 6.07) is 8.41. The number of rotatable bonds is 5. The van der Waals surface area contributed by atoms with Crippen molar-refractivity contribution in [2.75, 3.05) is 12.4 Å². The van der Waals surface area contributed by atoms with Gasteiger partial charge in [0, 0.05) is 31.4 Å². The molecule has 0 unspecified atom stereocenters. The van der Waals surface area contributed by atoms with Crippen molar-refractivity contribution in [2.45, 2.75) is 19.9 Å². The highest BCUT2D eigenvalue weighted by Crippen LogP contribution is 2.31. The molecule has 0 saturated heterocycles. The van der Waals surface area contributed by atoms with Gasteiger partial charge in [-0.3, -0.25) is 15.1 Å². The van der Waals surface area contributed by atoms with Crippen molar-refractivity contribution < 1.29 is 14.3 Å². The molecular weight excluding hydrogens is 366 g/mol. The van der Waals surface area contributed by atoms with Crippen LogP contribution in [-0.4, -0.2) is 35.0 Å². The molecule has 3 aromatic rings. The Bertz CT molecular complexity index is 986. The maximum absolute atomic E-state index is 11.8. The van der Waals surface area contributed by atoms with E-state index in [0.29, 0.717) is 16.6 Å². The summed E-state index contributed by atoms with van der Waals surface area (Å²) < 4.78 is 6.69. The van der Waals surface area contributed by atoms with Crippen molar-refractivity contribution in [1.29, 1.82) is 0 Å². The molecular formula is C18H19N5O3S. The van der Waals surface area contributed by atoms with Crippen LogP contribution in [-0.2, 0) is 0 Å². The van der Waals surface area contributed by atoms with Gasteiger partial charge in [-0.05, 0) is 32.0 Å². The summed E-state index contributed by atoms with van der Waals surface area (Å²) >= 11 is 1.35. The number of carbonyl (C=O) groups is 2. The van der Waals surface area contributed by atoms with Crippen molar-refractivity contribution in [1.82, 2.24) is 20.6 Å². The first-order valence-corrected chi connectivity index (χ1v) is 9.10. The third-order valence-electron chi connectivity index (χ3n) is 3.43. The van der Waals surface area contributed by atoms with E-state index in [0.717, 1.165) is 10.2 Å². The fraction of sp³-hybridized carbons (Fsp3) is 0.222. The number of thiazole rings is 1. The maximum Gasteiger partial charge on any atom is 0.321 e. The van der Waals surface area contributed by atoms with E-state index in [1.807, 2.05) is 26.0 Å². The quantitative estimate of drug-likeness (QED) is 0.624. The van der Waals surface area contributed by atoms with E-state index >= 15 is 0 Å². The number of aromatic nitrogens is 2. The Balaban J connectivity index is 1.77. The average Bonchev–Trinajstić information content (AvgIpc) is 3.01. The lowest BCUT2D eigenvalue weighted by Gasteiger charge is -2.07. The number of anilines is 1. The second-order valence-electron chi connectivity index (χ2n) is 5.96. The lowest BCUT2D eigenvalue weighted by molar-refractivity contribution is 0.0958. The zero-order chi connectivity index (χ0) is 19.4. The van der Waals surface area contributed by atoms with Gasteiger partial charge in [-0.15, -0.1) is 0 Å². The standard InChI is InChI=1S/C18H19N5O3S/c1-10(2)21-17(25)23-18-22-13-5-4-11(9-15(13)27-18)26-12-6-7-20-14(8-12)16(24)19-3/h4-10H,1-3H3,(H,19,24)(H2,21,22,23,25). The highest BCUT2D eigenvalue weighted by molar-refractivity contribution is 7.22.